The molecule has 3 aromatic rings. The number of para-hydroxylation sites is 1. The summed E-state index contributed by atoms with van der Waals surface area (Å²) in [4.78, 5) is 28.2. The van der Waals surface area contributed by atoms with E-state index in [1.807, 2.05) is 67.7 Å². The van der Waals surface area contributed by atoms with Crippen molar-refractivity contribution in [2.75, 3.05) is 32.0 Å². The fourth-order valence-corrected chi connectivity index (χ4v) is 4.86. The summed E-state index contributed by atoms with van der Waals surface area (Å²) >= 11 is 3.50. The lowest BCUT2D eigenvalue weighted by Crippen LogP contribution is -2.45. The number of likely N-dealkylation sites (N-methyl/N-ethyl adjacent to an activating group) is 1. The third-order valence-corrected chi connectivity index (χ3v) is 7.12. The second-order valence-corrected chi connectivity index (χ2v) is 9.88. The standard InChI is InChI=1S/C28H30BrN3O4/c1-31(19-27(33)30-22-9-11-25(12-10-22)36-24-5-3-2-4-6-24)23-13-15-32(16-14-23)18-21-8-7-20(28(34)35)17-26(21)29/h2-12,17,23H,13-16,18-19H2,1H3,(H,30,33)(H,34,35). The number of carbonyl (C=O) groups excluding carboxylic acids is 1. The van der Waals surface area contributed by atoms with Crippen molar-refractivity contribution < 1.29 is 19.4 Å². The summed E-state index contributed by atoms with van der Waals surface area (Å²) in [5, 5.41) is 12.1. The molecule has 2 N–H and O–H groups in total. The Labute approximate surface area is 219 Å². The van der Waals surface area contributed by atoms with Crippen molar-refractivity contribution >= 4 is 33.5 Å². The van der Waals surface area contributed by atoms with Crippen LogP contribution in [0.4, 0.5) is 5.69 Å². The zero-order valence-corrected chi connectivity index (χ0v) is 21.8. The van der Waals surface area contributed by atoms with Gasteiger partial charge in [-0.25, -0.2) is 4.79 Å². The summed E-state index contributed by atoms with van der Waals surface area (Å²) in [7, 11) is 2.00. The first-order valence-electron chi connectivity index (χ1n) is 11.9. The maximum absolute atomic E-state index is 12.6. The number of rotatable bonds is 9. The molecule has 1 amide bonds. The van der Waals surface area contributed by atoms with E-state index < -0.39 is 5.97 Å². The van der Waals surface area contributed by atoms with E-state index in [1.165, 1.54) is 0 Å². The number of hydrogen-bond donors (Lipinski definition) is 2. The number of carboxylic acid groups (broad SMARTS) is 1. The topological polar surface area (TPSA) is 82.1 Å². The van der Waals surface area contributed by atoms with Gasteiger partial charge in [-0.15, -0.1) is 0 Å². The Balaban J connectivity index is 1.21. The average molecular weight is 552 g/mol. The summed E-state index contributed by atoms with van der Waals surface area (Å²) in [5.74, 6) is 0.516. The third kappa shape index (κ3) is 7.16. The molecule has 0 bridgehead atoms. The van der Waals surface area contributed by atoms with E-state index in [2.05, 4.69) is 31.0 Å². The fourth-order valence-electron chi connectivity index (χ4n) is 4.35. The van der Waals surface area contributed by atoms with E-state index in [-0.39, 0.29) is 11.5 Å². The van der Waals surface area contributed by atoms with Crippen molar-refractivity contribution in [2.45, 2.75) is 25.4 Å². The quantitative estimate of drug-likeness (QED) is 0.366. The maximum atomic E-state index is 12.6. The summed E-state index contributed by atoms with van der Waals surface area (Å²) in [6.45, 7) is 2.94. The first kappa shape index (κ1) is 25.9. The first-order chi connectivity index (χ1) is 17.4. The number of amides is 1. The first-order valence-corrected chi connectivity index (χ1v) is 12.7. The number of benzene rings is 3. The number of nitrogens with zero attached hydrogens (tertiary/aromatic N) is 2. The van der Waals surface area contributed by atoms with E-state index in [4.69, 9.17) is 9.84 Å². The SMILES string of the molecule is CN(CC(=O)Nc1ccc(Oc2ccccc2)cc1)C1CCN(Cc2ccc(C(=O)O)cc2Br)CC1. The van der Waals surface area contributed by atoms with Crippen LogP contribution in [0.25, 0.3) is 0 Å². The lowest BCUT2D eigenvalue weighted by molar-refractivity contribution is -0.117. The minimum absolute atomic E-state index is 0.0425. The molecule has 1 fully saturated rings. The second kappa shape index (κ2) is 12.2. The van der Waals surface area contributed by atoms with Gasteiger partial charge in [0.1, 0.15) is 11.5 Å². The van der Waals surface area contributed by atoms with Crippen LogP contribution in [0.15, 0.2) is 77.3 Å². The Morgan fingerprint density at radius 1 is 1.03 bits per heavy atom. The molecule has 0 radical (unpaired) electrons. The molecule has 0 aromatic heterocycles. The van der Waals surface area contributed by atoms with Crippen LogP contribution in [0.5, 0.6) is 11.5 Å². The van der Waals surface area contributed by atoms with Gasteiger partial charge in [0, 0.05) is 22.7 Å². The molecule has 36 heavy (non-hydrogen) atoms. The zero-order valence-electron chi connectivity index (χ0n) is 20.2. The molecule has 8 heteroatoms. The van der Waals surface area contributed by atoms with Crippen molar-refractivity contribution in [3.05, 3.63) is 88.4 Å². The van der Waals surface area contributed by atoms with E-state index >= 15 is 0 Å². The summed E-state index contributed by atoms with van der Waals surface area (Å²) in [6.07, 6.45) is 1.94. The molecule has 0 atom stereocenters. The van der Waals surface area contributed by atoms with Gasteiger partial charge in [-0.2, -0.15) is 0 Å². The third-order valence-electron chi connectivity index (χ3n) is 6.38. The van der Waals surface area contributed by atoms with Gasteiger partial charge in [0.25, 0.3) is 0 Å². The van der Waals surface area contributed by atoms with Crippen molar-refractivity contribution in [1.29, 1.82) is 0 Å². The lowest BCUT2D eigenvalue weighted by Gasteiger charge is -2.36. The second-order valence-electron chi connectivity index (χ2n) is 9.02. The molecule has 1 heterocycles. The van der Waals surface area contributed by atoms with Crippen molar-refractivity contribution in [1.82, 2.24) is 9.80 Å². The number of hydrogen-bond acceptors (Lipinski definition) is 5. The number of anilines is 1. The van der Waals surface area contributed by atoms with Gasteiger partial charge in [-0.3, -0.25) is 14.6 Å². The van der Waals surface area contributed by atoms with Crippen LogP contribution in [0.3, 0.4) is 0 Å². The number of carboxylic acids is 1. The van der Waals surface area contributed by atoms with Gasteiger partial charge < -0.3 is 15.2 Å². The predicted octanol–water partition coefficient (Wildman–Crippen LogP) is 5.47. The molecule has 4 rings (SSSR count). The van der Waals surface area contributed by atoms with Crippen LogP contribution in [0.1, 0.15) is 28.8 Å². The normalized spacial score (nSPS) is 14.5. The molecule has 0 spiro atoms. The van der Waals surface area contributed by atoms with Crippen LogP contribution in [0, 0.1) is 0 Å². The minimum Gasteiger partial charge on any atom is -0.478 e. The van der Waals surface area contributed by atoms with Gasteiger partial charge in [-0.1, -0.05) is 40.2 Å². The lowest BCUT2D eigenvalue weighted by atomic mass is 10.0. The predicted molar refractivity (Wildman–Crippen MR) is 144 cm³/mol. The van der Waals surface area contributed by atoms with E-state index in [1.54, 1.807) is 12.1 Å². The average Bonchev–Trinajstić information content (AvgIpc) is 2.87. The molecule has 1 aliphatic heterocycles. The fraction of sp³-hybridized carbons (Fsp3) is 0.286. The van der Waals surface area contributed by atoms with Crippen LogP contribution in [0.2, 0.25) is 0 Å². The number of carbonyl (C=O) groups is 2. The molecule has 188 valence electrons. The molecular weight excluding hydrogens is 522 g/mol. The Kier molecular flexibility index (Phi) is 8.74. The molecule has 7 nitrogen and oxygen atoms in total. The van der Waals surface area contributed by atoms with E-state index in [0.717, 1.165) is 53.9 Å². The van der Waals surface area contributed by atoms with Crippen molar-refractivity contribution in [2.24, 2.45) is 0 Å². The van der Waals surface area contributed by atoms with Crippen LogP contribution >= 0.6 is 15.9 Å². The van der Waals surface area contributed by atoms with Gasteiger partial charge in [-0.05, 0) is 87.1 Å². The monoisotopic (exact) mass is 551 g/mol. The number of halogens is 1. The molecule has 1 saturated heterocycles. The van der Waals surface area contributed by atoms with E-state index in [9.17, 15) is 9.59 Å². The highest BCUT2D eigenvalue weighted by Gasteiger charge is 2.24. The Hall–Kier alpha value is -3.20. The molecule has 0 saturated carbocycles. The highest BCUT2D eigenvalue weighted by atomic mass is 79.9. The van der Waals surface area contributed by atoms with Crippen molar-refractivity contribution in [3.63, 3.8) is 0 Å². The van der Waals surface area contributed by atoms with E-state index in [0.29, 0.717) is 18.3 Å². The van der Waals surface area contributed by atoms with Gasteiger partial charge in [0.15, 0.2) is 0 Å². The Morgan fingerprint density at radius 2 is 1.69 bits per heavy atom. The van der Waals surface area contributed by atoms with Gasteiger partial charge in [0.05, 0.1) is 12.1 Å². The van der Waals surface area contributed by atoms with Gasteiger partial charge in [0.2, 0.25) is 5.91 Å². The Morgan fingerprint density at radius 3 is 2.33 bits per heavy atom. The number of ether oxygens (including phenoxy) is 1. The maximum Gasteiger partial charge on any atom is 0.335 e. The number of piperidine rings is 1. The van der Waals surface area contributed by atoms with Crippen LogP contribution in [-0.4, -0.2) is 59.5 Å². The van der Waals surface area contributed by atoms with Crippen LogP contribution < -0.4 is 10.1 Å². The van der Waals surface area contributed by atoms with Crippen molar-refractivity contribution in [3.8, 4) is 11.5 Å². The number of aromatic carboxylic acids is 1. The van der Waals surface area contributed by atoms with Gasteiger partial charge >= 0.3 is 5.97 Å². The molecular formula is C28H30BrN3O4. The Bertz CT molecular complexity index is 1180. The number of nitrogens with one attached hydrogen (secondary N) is 1. The highest BCUT2D eigenvalue weighted by Crippen LogP contribution is 2.24. The molecule has 3 aromatic carbocycles. The summed E-state index contributed by atoms with van der Waals surface area (Å²) in [5.41, 5.74) is 2.09. The van der Waals surface area contributed by atoms with Crippen LogP contribution in [-0.2, 0) is 11.3 Å². The smallest absolute Gasteiger partial charge is 0.335 e. The number of likely N-dealkylation sites (tertiary alicyclic amines) is 1. The largest absolute Gasteiger partial charge is 0.478 e. The highest BCUT2D eigenvalue weighted by molar-refractivity contribution is 9.10. The zero-order chi connectivity index (χ0) is 25.5. The minimum atomic E-state index is -0.927. The molecule has 0 aliphatic carbocycles. The molecule has 1 aliphatic rings. The summed E-state index contributed by atoms with van der Waals surface area (Å²) in [6, 6.07) is 22.5. The summed E-state index contributed by atoms with van der Waals surface area (Å²) < 4.78 is 6.62. The molecule has 0 unspecified atom stereocenters.